The number of nitrogens with one attached hydrogen (secondary N) is 1. The van der Waals surface area contributed by atoms with E-state index >= 15 is 0 Å². The summed E-state index contributed by atoms with van der Waals surface area (Å²) in [4.78, 5) is 10.6. The third-order valence-corrected chi connectivity index (χ3v) is 3.44. The largest absolute Gasteiger partial charge is 0.351 e. The van der Waals surface area contributed by atoms with E-state index in [2.05, 4.69) is 15.3 Å². The Morgan fingerprint density at radius 2 is 1.96 bits per heavy atom. The zero-order chi connectivity index (χ0) is 15.9. The number of nitrogens with zero attached hydrogens (tertiary/aromatic N) is 3. The van der Waals surface area contributed by atoms with Crippen molar-refractivity contribution in [3.05, 3.63) is 65.2 Å². The molecule has 0 radical (unpaired) electrons. The van der Waals surface area contributed by atoms with Crippen molar-refractivity contribution in [2.24, 2.45) is 4.99 Å². The molecular weight excluding hydrogens is 406 g/mol. The van der Waals surface area contributed by atoms with Crippen molar-refractivity contribution in [3.63, 3.8) is 0 Å². The molecule has 0 atom stereocenters. The molecule has 0 aliphatic rings. The maximum atomic E-state index is 12.9. The lowest BCUT2D eigenvalue weighted by Crippen LogP contribution is -2.38. The summed E-state index contributed by atoms with van der Waals surface area (Å²) in [6.07, 6.45) is 1.79. The molecule has 1 N–H and O–H groups in total. The van der Waals surface area contributed by atoms with Gasteiger partial charge in [-0.3, -0.25) is 9.98 Å². The van der Waals surface area contributed by atoms with Gasteiger partial charge in [0.25, 0.3) is 0 Å². The van der Waals surface area contributed by atoms with E-state index < -0.39 is 0 Å². The average molecular weight is 428 g/mol. The van der Waals surface area contributed by atoms with Gasteiger partial charge < -0.3 is 10.2 Å². The van der Waals surface area contributed by atoms with Crippen LogP contribution in [0.15, 0.2) is 47.6 Å². The van der Waals surface area contributed by atoms with Crippen molar-refractivity contribution in [2.75, 3.05) is 14.1 Å². The topological polar surface area (TPSA) is 40.5 Å². The van der Waals surface area contributed by atoms with Gasteiger partial charge in [-0.05, 0) is 36.2 Å². The highest BCUT2D eigenvalue weighted by Gasteiger charge is 2.08. The van der Waals surface area contributed by atoms with Crippen LogP contribution in [0.2, 0.25) is 0 Å². The standard InChI is InChI=1S/C17H21FN4.HI/c1-13-5-4-10-20-16(13)11-21-17(19-2)22(3)12-14-6-8-15(18)9-7-14;/h4-10H,11-12H2,1-3H3,(H,19,21);1H. The number of hydrogen-bond donors (Lipinski definition) is 1. The summed E-state index contributed by atoms with van der Waals surface area (Å²) < 4.78 is 12.9. The minimum absolute atomic E-state index is 0. The van der Waals surface area contributed by atoms with E-state index in [1.165, 1.54) is 12.1 Å². The second-order valence-electron chi connectivity index (χ2n) is 5.15. The van der Waals surface area contributed by atoms with Crippen LogP contribution in [-0.4, -0.2) is 29.9 Å². The lowest BCUT2D eigenvalue weighted by molar-refractivity contribution is 0.475. The highest BCUT2D eigenvalue weighted by molar-refractivity contribution is 14.0. The normalized spacial score (nSPS) is 10.9. The smallest absolute Gasteiger partial charge is 0.194 e. The van der Waals surface area contributed by atoms with Crippen LogP contribution in [0.4, 0.5) is 4.39 Å². The van der Waals surface area contributed by atoms with Gasteiger partial charge in [0.1, 0.15) is 5.82 Å². The molecule has 23 heavy (non-hydrogen) atoms. The molecule has 1 aromatic heterocycles. The molecule has 124 valence electrons. The van der Waals surface area contributed by atoms with E-state index in [0.29, 0.717) is 13.1 Å². The van der Waals surface area contributed by atoms with Crippen molar-refractivity contribution in [3.8, 4) is 0 Å². The van der Waals surface area contributed by atoms with Crippen LogP contribution >= 0.6 is 24.0 Å². The van der Waals surface area contributed by atoms with Crippen molar-refractivity contribution in [2.45, 2.75) is 20.0 Å². The summed E-state index contributed by atoms with van der Waals surface area (Å²) in [5.41, 5.74) is 3.17. The zero-order valence-corrected chi connectivity index (χ0v) is 15.9. The van der Waals surface area contributed by atoms with Crippen molar-refractivity contribution in [1.82, 2.24) is 15.2 Å². The lowest BCUT2D eigenvalue weighted by Gasteiger charge is -2.22. The number of pyridine rings is 1. The summed E-state index contributed by atoms with van der Waals surface area (Å²) in [6, 6.07) is 10.5. The number of hydrogen-bond acceptors (Lipinski definition) is 2. The molecule has 0 aliphatic heterocycles. The Hall–Kier alpha value is -1.70. The van der Waals surface area contributed by atoms with E-state index in [1.807, 2.05) is 31.0 Å². The SMILES string of the molecule is CN=C(NCc1ncccc1C)N(C)Cc1ccc(F)cc1.I. The maximum Gasteiger partial charge on any atom is 0.194 e. The summed E-state index contributed by atoms with van der Waals surface area (Å²) in [6.45, 7) is 3.31. The van der Waals surface area contributed by atoms with Crippen LogP contribution in [0.1, 0.15) is 16.8 Å². The molecule has 4 nitrogen and oxygen atoms in total. The maximum absolute atomic E-state index is 12.9. The van der Waals surface area contributed by atoms with Crippen LogP contribution in [0, 0.1) is 12.7 Å². The Labute approximate surface area is 153 Å². The van der Waals surface area contributed by atoms with Crippen LogP contribution in [-0.2, 0) is 13.1 Å². The van der Waals surface area contributed by atoms with Gasteiger partial charge in [-0.15, -0.1) is 24.0 Å². The van der Waals surface area contributed by atoms with Gasteiger partial charge in [0.15, 0.2) is 5.96 Å². The Morgan fingerprint density at radius 3 is 2.57 bits per heavy atom. The molecule has 0 spiro atoms. The number of rotatable bonds is 4. The number of halogens is 2. The van der Waals surface area contributed by atoms with Crippen LogP contribution in [0.25, 0.3) is 0 Å². The molecule has 0 amide bonds. The van der Waals surface area contributed by atoms with Gasteiger partial charge in [-0.25, -0.2) is 4.39 Å². The molecule has 1 heterocycles. The fraction of sp³-hybridized carbons (Fsp3) is 0.294. The monoisotopic (exact) mass is 428 g/mol. The first-order valence-corrected chi connectivity index (χ1v) is 7.17. The van der Waals surface area contributed by atoms with Crippen LogP contribution < -0.4 is 5.32 Å². The second-order valence-corrected chi connectivity index (χ2v) is 5.15. The number of aromatic nitrogens is 1. The number of aryl methyl sites for hydroxylation is 1. The van der Waals surface area contributed by atoms with Crippen molar-refractivity contribution < 1.29 is 4.39 Å². The highest BCUT2D eigenvalue weighted by Crippen LogP contribution is 2.06. The predicted molar refractivity (Wildman–Crippen MR) is 102 cm³/mol. The van der Waals surface area contributed by atoms with Crippen molar-refractivity contribution in [1.29, 1.82) is 0 Å². The van der Waals surface area contributed by atoms with Crippen LogP contribution in [0.5, 0.6) is 0 Å². The molecular formula is C17H22FIN4. The minimum Gasteiger partial charge on any atom is -0.351 e. The van der Waals surface area contributed by atoms with Crippen molar-refractivity contribution >= 4 is 29.9 Å². The lowest BCUT2D eigenvalue weighted by atomic mass is 10.2. The summed E-state index contributed by atoms with van der Waals surface area (Å²) in [7, 11) is 3.69. The summed E-state index contributed by atoms with van der Waals surface area (Å²) in [5, 5.41) is 3.30. The van der Waals surface area contributed by atoms with E-state index in [0.717, 1.165) is 22.8 Å². The van der Waals surface area contributed by atoms with E-state index in [9.17, 15) is 4.39 Å². The van der Waals surface area contributed by atoms with E-state index in [4.69, 9.17) is 0 Å². The Balaban J connectivity index is 0.00000264. The zero-order valence-electron chi connectivity index (χ0n) is 13.6. The predicted octanol–water partition coefficient (Wildman–Crippen LogP) is 3.35. The Morgan fingerprint density at radius 1 is 1.26 bits per heavy atom. The fourth-order valence-corrected chi connectivity index (χ4v) is 2.19. The average Bonchev–Trinajstić information content (AvgIpc) is 2.52. The van der Waals surface area contributed by atoms with Gasteiger partial charge in [0.2, 0.25) is 0 Å². The van der Waals surface area contributed by atoms with Gasteiger partial charge in [0, 0.05) is 26.8 Å². The first-order valence-electron chi connectivity index (χ1n) is 7.17. The van der Waals surface area contributed by atoms with E-state index in [-0.39, 0.29) is 29.8 Å². The first kappa shape index (κ1) is 19.3. The highest BCUT2D eigenvalue weighted by atomic mass is 127. The summed E-state index contributed by atoms with van der Waals surface area (Å²) in [5.74, 6) is 0.550. The quantitative estimate of drug-likeness (QED) is 0.462. The number of aliphatic imine (C=N–C) groups is 1. The van der Waals surface area contributed by atoms with Gasteiger partial charge >= 0.3 is 0 Å². The van der Waals surface area contributed by atoms with Crippen LogP contribution in [0.3, 0.4) is 0 Å². The van der Waals surface area contributed by atoms with Gasteiger partial charge in [-0.1, -0.05) is 18.2 Å². The Bertz CT molecular complexity index is 643. The number of benzene rings is 1. The molecule has 0 saturated heterocycles. The minimum atomic E-state index is -0.223. The molecule has 0 saturated carbocycles. The molecule has 6 heteroatoms. The fourth-order valence-electron chi connectivity index (χ4n) is 2.19. The molecule has 0 fully saturated rings. The Kier molecular flexibility index (Phi) is 7.94. The molecule has 0 unspecified atom stereocenters. The first-order chi connectivity index (χ1) is 10.6. The molecule has 2 rings (SSSR count). The summed E-state index contributed by atoms with van der Waals surface area (Å²) >= 11 is 0. The molecule has 1 aromatic carbocycles. The van der Waals surface area contributed by atoms with Gasteiger partial charge in [0.05, 0.1) is 12.2 Å². The number of guanidine groups is 1. The second kappa shape index (κ2) is 9.44. The third-order valence-electron chi connectivity index (χ3n) is 3.44. The molecule has 2 aromatic rings. The van der Waals surface area contributed by atoms with E-state index in [1.54, 1.807) is 25.4 Å². The molecule has 0 aliphatic carbocycles. The molecule has 0 bridgehead atoms. The van der Waals surface area contributed by atoms with Gasteiger partial charge in [-0.2, -0.15) is 0 Å². The third kappa shape index (κ3) is 5.78.